The molecule has 0 fully saturated rings. The van der Waals surface area contributed by atoms with E-state index in [0.29, 0.717) is 17.0 Å². The van der Waals surface area contributed by atoms with Crippen molar-refractivity contribution < 1.29 is 8.42 Å². The van der Waals surface area contributed by atoms with Gasteiger partial charge in [0.1, 0.15) is 0 Å². The topological polar surface area (TPSA) is 46.2 Å². The molecule has 0 unspecified atom stereocenters. The van der Waals surface area contributed by atoms with Crippen molar-refractivity contribution in [3.63, 3.8) is 0 Å². The number of sulfonamides is 1. The second-order valence-electron chi connectivity index (χ2n) is 5.36. The van der Waals surface area contributed by atoms with Crippen LogP contribution in [0.15, 0.2) is 17.0 Å². The fourth-order valence-electron chi connectivity index (χ4n) is 1.78. The molecule has 19 heavy (non-hydrogen) atoms. The van der Waals surface area contributed by atoms with E-state index >= 15 is 0 Å². The Morgan fingerprint density at radius 3 is 2.32 bits per heavy atom. The Bertz CT molecular complexity index is 565. The van der Waals surface area contributed by atoms with Crippen molar-refractivity contribution in [2.75, 3.05) is 0 Å². The molecule has 1 aromatic rings. The summed E-state index contributed by atoms with van der Waals surface area (Å²) in [6.07, 6.45) is 1.50. The molecule has 1 rings (SSSR count). The quantitative estimate of drug-likeness (QED) is 0.902. The predicted octanol–water partition coefficient (Wildman–Crippen LogP) is 3.68. The molecule has 0 radical (unpaired) electrons. The monoisotopic (exact) mass is 303 g/mol. The van der Waals surface area contributed by atoms with Gasteiger partial charge in [-0.05, 0) is 50.8 Å². The first-order valence-electron chi connectivity index (χ1n) is 6.46. The molecule has 0 heterocycles. The van der Waals surface area contributed by atoms with E-state index in [0.717, 1.165) is 12.0 Å². The lowest BCUT2D eigenvalue weighted by Gasteiger charge is -2.25. The molecule has 0 aliphatic rings. The highest BCUT2D eigenvalue weighted by atomic mass is 35.5. The maximum Gasteiger partial charge on any atom is 0.241 e. The van der Waals surface area contributed by atoms with Gasteiger partial charge in [-0.1, -0.05) is 31.5 Å². The highest BCUT2D eigenvalue weighted by Gasteiger charge is 2.26. The van der Waals surface area contributed by atoms with Gasteiger partial charge in [-0.3, -0.25) is 0 Å². The number of halogens is 1. The Morgan fingerprint density at radius 2 is 1.84 bits per heavy atom. The molecule has 0 saturated carbocycles. The van der Waals surface area contributed by atoms with E-state index in [4.69, 9.17) is 11.6 Å². The Kier molecular flexibility index (Phi) is 5.04. The molecule has 1 aromatic carbocycles. The molecule has 0 aliphatic heterocycles. The van der Waals surface area contributed by atoms with Crippen LogP contribution in [0.4, 0.5) is 0 Å². The number of nitrogens with one attached hydrogen (secondary N) is 1. The number of aryl methyl sites for hydroxylation is 1. The lowest BCUT2D eigenvalue weighted by Crippen LogP contribution is -2.42. The van der Waals surface area contributed by atoms with E-state index < -0.39 is 15.6 Å². The van der Waals surface area contributed by atoms with Crippen molar-refractivity contribution in [2.45, 2.75) is 57.9 Å². The van der Waals surface area contributed by atoms with Crippen LogP contribution in [0.5, 0.6) is 0 Å². The fourth-order valence-corrected chi connectivity index (χ4v) is 3.87. The van der Waals surface area contributed by atoms with Gasteiger partial charge in [0.05, 0.1) is 4.90 Å². The SMILES string of the molecule is CCc1ccc(S(=O)(=O)NC(C)(C)CC)c(C)c1Cl. The molecular formula is C14H22ClNO2S. The maximum atomic E-state index is 12.4. The van der Waals surface area contributed by atoms with E-state index in [1.165, 1.54) is 0 Å². The second kappa shape index (κ2) is 5.81. The molecule has 0 amide bonds. The van der Waals surface area contributed by atoms with Crippen molar-refractivity contribution in [3.05, 3.63) is 28.3 Å². The van der Waals surface area contributed by atoms with E-state index in [9.17, 15) is 8.42 Å². The molecule has 0 aliphatic carbocycles. The van der Waals surface area contributed by atoms with Crippen LogP contribution >= 0.6 is 11.6 Å². The third-order valence-electron chi connectivity index (χ3n) is 3.38. The minimum atomic E-state index is -3.54. The number of rotatable bonds is 5. The highest BCUT2D eigenvalue weighted by Crippen LogP contribution is 2.28. The molecule has 1 N–H and O–H groups in total. The van der Waals surface area contributed by atoms with Crippen LogP contribution in [0.1, 0.15) is 45.2 Å². The van der Waals surface area contributed by atoms with Crippen molar-refractivity contribution in [1.82, 2.24) is 4.72 Å². The van der Waals surface area contributed by atoms with Gasteiger partial charge < -0.3 is 0 Å². The Morgan fingerprint density at radius 1 is 1.26 bits per heavy atom. The van der Waals surface area contributed by atoms with Gasteiger partial charge in [0.15, 0.2) is 0 Å². The molecule has 0 atom stereocenters. The minimum Gasteiger partial charge on any atom is -0.207 e. The summed E-state index contributed by atoms with van der Waals surface area (Å²) < 4.78 is 27.5. The van der Waals surface area contributed by atoms with E-state index in [1.807, 2.05) is 27.7 Å². The maximum absolute atomic E-state index is 12.4. The van der Waals surface area contributed by atoms with Crippen LogP contribution in [0.3, 0.4) is 0 Å². The summed E-state index contributed by atoms with van der Waals surface area (Å²) in [7, 11) is -3.54. The van der Waals surface area contributed by atoms with Crippen molar-refractivity contribution in [2.24, 2.45) is 0 Å². The first-order chi connectivity index (χ1) is 8.64. The molecule has 5 heteroatoms. The first kappa shape index (κ1) is 16.5. The zero-order valence-corrected chi connectivity index (χ0v) is 13.7. The molecule has 0 aromatic heterocycles. The van der Waals surface area contributed by atoms with Gasteiger partial charge >= 0.3 is 0 Å². The Balaban J connectivity index is 3.27. The fraction of sp³-hybridized carbons (Fsp3) is 0.571. The van der Waals surface area contributed by atoms with E-state index in [1.54, 1.807) is 19.1 Å². The normalized spacial score (nSPS) is 12.7. The van der Waals surface area contributed by atoms with Gasteiger partial charge in [0.2, 0.25) is 10.0 Å². The summed E-state index contributed by atoms with van der Waals surface area (Å²) in [5, 5.41) is 0.541. The summed E-state index contributed by atoms with van der Waals surface area (Å²) in [5.41, 5.74) is 1.11. The zero-order valence-electron chi connectivity index (χ0n) is 12.2. The average Bonchev–Trinajstić information content (AvgIpc) is 2.31. The second-order valence-corrected chi connectivity index (χ2v) is 7.39. The van der Waals surface area contributed by atoms with Crippen molar-refractivity contribution >= 4 is 21.6 Å². The summed E-state index contributed by atoms with van der Waals surface area (Å²) in [6.45, 7) is 9.41. The van der Waals surface area contributed by atoms with Gasteiger partial charge in [-0.15, -0.1) is 0 Å². The minimum absolute atomic E-state index is 0.260. The molecule has 108 valence electrons. The van der Waals surface area contributed by atoms with Crippen LogP contribution < -0.4 is 4.72 Å². The zero-order chi connectivity index (χ0) is 14.8. The smallest absolute Gasteiger partial charge is 0.207 e. The first-order valence-corrected chi connectivity index (χ1v) is 8.32. The molecule has 3 nitrogen and oxygen atoms in total. The lowest BCUT2D eigenvalue weighted by molar-refractivity contribution is 0.439. The molecular weight excluding hydrogens is 282 g/mol. The van der Waals surface area contributed by atoms with Gasteiger partial charge in [0, 0.05) is 10.6 Å². The predicted molar refractivity (Wildman–Crippen MR) is 80.3 cm³/mol. The summed E-state index contributed by atoms with van der Waals surface area (Å²) >= 11 is 6.22. The van der Waals surface area contributed by atoms with Crippen molar-refractivity contribution in [1.29, 1.82) is 0 Å². The number of hydrogen-bond acceptors (Lipinski definition) is 2. The van der Waals surface area contributed by atoms with E-state index in [2.05, 4.69) is 4.72 Å². The van der Waals surface area contributed by atoms with Gasteiger partial charge in [-0.25, -0.2) is 13.1 Å². The highest BCUT2D eigenvalue weighted by molar-refractivity contribution is 7.89. The number of benzene rings is 1. The van der Waals surface area contributed by atoms with Gasteiger partial charge in [-0.2, -0.15) is 0 Å². The van der Waals surface area contributed by atoms with Crippen LogP contribution in [0.25, 0.3) is 0 Å². The lowest BCUT2D eigenvalue weighted by atomic mass is 10.0. The van der Waals surface area contributed by atoms with E-state index in [-0.39, 0.29) is 4.90 Å². The Labute approximate surface area is 121 Å². The largest absolute Gasteiger partial charge is 0.241 e. The van der Waals surface area contributed by atoms with Crippen LogP contribution in [-0.2, 0) is 16.4 Å². The van der Waals surface area contributed by atoms with Gasteiger partial charge in [0.25, 0.3) is 0 Å². The van der Waals surface area contributed by atoms with Crippen molar-refractivity contribution in [3.8, 4) is 0 Å². The van der Waals surface area contributed by atoms with Crippen LogP contribution in [-0.4, -0.2) is 14.0 Å². The van der Waals surface area contributed by atoms with Crippen LogP contribution in [0, 0.1) is 6.92 Å². The molecule has 0 bridgehead atoms. The standard InChI is InChI=1S/C14H22ClNO2S/c1-6-11-8-9-12(10(3)13(11)15)19(17,18)16-14(4,5)7-2/h8-9,16H,6-7H2,1-5H3. The number of hydrogen-bond donors (Lipinski definition) is 1. The summed E-state index contributed by atoms with van der Waals surface area (Å²) in [5.74, 6) is 0. The third kappa shape index (κ3) is 3.71. The third-order valence-corrected chi connectivity index (χ3v) is 5.75. The average molecular weight is 304 g/mol. The summed E-state index contributed by atoms with van der Waals surface area (Å²) in [6, 6.07) is 3.41. The molecule has 0 spiro atoms. The summed E-state index contributed by atoms with van der Waals surface area (Å²) in [4.78, 5) is 0.260. The molecule has 0 saturated heterocycles. The Hall–Kier alpha value is -0.580. The van der Waals surface area contributed by atoms with Crippen LogP contribution in [0.2, 0.25) is 5.02 Å².